The van der Waals surface area contributed by atoms with Gasteiger partial charge in [0.2, 0.25) is 0 Å². The number of ether oxygens (including phenoxy) is 1. The van der Waals surface area contributed by atoms with Crippen molar-refractivity contribution in [1.29, 1.82) is 0 Å². The van der Waals surface area contributed by atoms with Gasteiger partial charge in [0.25, 0.3) is 0 Å². The summed E-state index contributed by atoms with van der Waals surface area (Å²) in [6.07, 6.45) is 3.91. The molecule has 124 valence electrons. The van der Waals surface area contributed by atoms with Gasteiger partial charge < -0.3 is 15.8 Å². The molecule has 1 aromatic rings. The van der Waals surface area contributed by atoms with E-state index in [-0.39, 0.29) is 5.38 Å². The number of amidine groups is 1. The average Bonchev–Trinajstić information content (AvgIpc) is 2.57. The number of hydrogen-bond acceptors (Lipinski definition) is 5. The molecule has 1 atom stereocenters. The lowest BCUT2D eigenvalue weighted by Crippen LogP contribution is -2.23. The highest BCUT2D eigenvalue weighted by molar-refractivity contribution is 6.34. The second-order valence-electron chi connectivity index (χ2n) is 5.80. The summed E-state index contributed by atoms with van der Waals surface area (Å²) in [6.45, 7) is 3.00. The van der Waals surface area contributed by atoms with Crippen LogP contribution in [0.1, 0.15) is 18.5 Å². The first-order chi connectivity index (χ1) is 11.1. The molecule has 3 rings (SSSR count). The quantitative estimate of drug-likeness (QED) is 0.815. The highest BCUT2D eigenvalue weighted by Crippen LogP contribution is 2.30. The van der Waals surface area contributed by atoms with E-state index in [2.05, 4.69) is 15.3 Å². The zero-order valence-corrected chi connectivity index (χ0v) is 14.3. The van der Waals surface area contributed by atoms with E-state index >= 15 is 0 Å². The highest BCUT2D eigenvalue weighted by Gasteiger charge is 2.21. The van der Waals surface area contributed by atoms with Crippen molar-refractivity contribution in [2.45, 2.75) is 18.2 Å². The molecule has 1 fully saturated rings. The van der Waals surface area contributed by atoms with Crippen LogP contribution < -0.4 is 11.1 Å². The Morgan fingerprint density at radius 1 is 1.30 bits per heavy atom. The molecular weight excluding hydrogens is 335 g/mol. The Kier molecular flexibility index (Phi) is 5.41. The number of alkyl halides is 1. The number of rotatable bonds is 4. The van der Waals surface area contributed by atoms with Gasteiger partial charge in [-0.2, -0.15) is 0 Å². The Bertz CT molecular complexity index is 627. The fourth-order valence-corrected chi connectivity index (χ4v) is 3.19. The van der Waals surface area contributed by atoms with Gasteiger partial charge in [-0.1, -0.05) is 11.6 Å². The fraction of sp³-hybridized carbons (Fsp3) is 0.500. The number of dihydropyridines is 1. The number of hydrogen-bond donors (Lipinski definition) is 2. The third kappa shape index (κ3) is 4.16. The van der Waals surface area contributed by atoms with Gasteiger partial charge in [0, 0.05) is 25.3 Å². The van der Waals surface area contributed by atoms with Gasteiger partial charge in [0.05, 0.1) is 22.6 Å². The van der Waals surface area contributed by atoms with Gasteiger partial charge in [-0.15, -0.1) is 11.6 Å². The molecule has 0 saturated carbocycles. The lowest BCUT2D eigenvalue weighted by molar-refractivity contribution is 0.0699. The minimum absolute atomic E-state index is 0.266. The molecule has 1 aromatic heterocycles. The molecule has 23 heavy (non-hydrogen) atoms. The van der Waals surface area contributed by atoms with E-state index in [4.69, 9.17) is 33.7 Å². The summed E-state index contributed by atoms with van der Waals surface area (Å²) in [5.41, 5.74) is 7.27. The molecule has 1 saturated heterocycles. The van der Waals surface area contributed by atoms with Crippen LogP contribution in [-0.2, 0) is 4.74 Å². The first kappa shape index (κ1) is 16.6. The topological polar surface area (TPSA) is 72.5 Å². The Hall–Kier alpha value is -1.30. The number of pyridine rings is 1. The molecule has 0 amide bonds. The molecule has 0 radical (unpaired) electrons. The third-order valence-electron chi connectivity index (χ3n) is 4.11. The second-order valence-corrected chi connectivity index (χ2v) is 6.73. The molecule has 0 bridgehead atoms. The van der Waals surface area contributed by atoms with Gasteiger partial charge in [-0.3, -0.25) is 4.99 Å². The summed E-state index contributed by atoms with van der Waals surface area (Å²) in [4.78, 5) is 8.75. The first-order valence-electron chi connectivity index (χ1n) is 7.77. The molecule has 0 aromatic carbocycles. The van der Waals surface area contributed by atoms with Crippen LogP contribution >= 0.6 is 23.2 Å². The third-order valence-corrected chi connectivity index (χ3v) is 4.79. The number of aromatic nitrogens is 1. The minimum Gasteiger partial charge on any atom is -0.384 e. The van der Waals surface area contributed by atoms with E-state index < -0.39 is 0 Å². The fourth-order valence-electron chi connectivity index (χ4n) is 2.74. The standard InChI is InChI=1S/C16H20Cl2N4O/c17-12-1-2-15(21-8-10-3-5-23-6-4-10)22-16(12)11-7-14(19)20-9-13(11)18/h1-2,7,10,13H,3-6,8-9H2,(H2,19,20)(H,21,22). The Morgan fingerprint density at radius 3 is 2.87 bits per heavy atom. The average molecular weight is 355 g/mol. The van der Waals surface area contributed by atoms with Crippen molar-refractivity contribution in [1.82, 2.24) is 4.98 Å². The number of nitrogens with zero attached hydrogens (tertiary/aromatic N) is 2. The van der Waals surface area contributed by atoms with Crippen LogP contribution in [0.2, 0.25) is 5.02 Å². The van der Waals surface area contributed by atoms with Crippen molar-refractivity contribution >= 4 is 40.4 Å². The molecule has 0 aliphatic carbocycles. The maximum atomic E-state index is 6.34. The van der Waals surface area contributed by atoms with Gasteiger partial charge in [-0.05, 0) is 37.0 Å². The van der Waals surface area contributed by atoms with Crippen LogP contribution in [0.5, 0.6) is 0 Å². The summed E-state index contributed by atoms with van der Waals surface area (Å²) in [5, 5.41) is 3.69. The van der Waals surface area contributed by atoms with E-state index in [1.807, 2.05) is 12.1 Å². The number of nitrogens with one attached hydrogen (secondary N) is 1. The highest BCUT2D eigenvalue weighted by atomic mass is 35.5. The largest absolute Gasteiger partial charge is 0.384 e. The van der Waals surface area contributed by atoms with Gasteiger partial charge >= 0.3 is 0 Å². The second kappa shape index (κ2) is 7.51. The number of nitrogens with two attached hydrogens (primary N) is 1. The number of halogens is 2. The first-order valence-corrected chi connectivity index (χ1v) is 8.59. The van der Waals surface area contributed by atoms with Crippen molar-refractivity contribution in [2.75, 3.05) is 31.6 Å². The molecule has 3 heterocycles. The summed E-state index contributed by atoms with van der Waals surface area (Å²) >= 11 is 12.6. The zero-order chi connectivity index (χ0) is 16.2. The number of aliphatic imine (C=N–C) groups is 1. The predicted molar refractivity (Wildman–Crippen MR) is 95.4 cm³/mol. The molecule has 0 spiro atoms. The van der Waals surface area contributed by atoms with E-state index in [0.29, 0.717) is 29.0 Å². The molecule has 2 aliphatic heterocycles. The smallest absolute Gasteiger partial charge is 0.126 e. The van der Waals surface area contributed by atoms with Crippen molar-refractivity contribution in [3.63, 3.8) is 0 Å². The van der Waals surface area contributed by atoms with Crippen molar-refractivity contribution in [3.8, 4) is 0 Å². The molecule has 5 nitrogen and oxygen atoms in total. The maximum Gasteiger partial charge on any atom is 0.126 e. The van der Waals surface area contributed by atoms with Crippen LogP contribution in [0.4, 0.5) is 5.82 Å². The van der Waals surface area contributed by atoms with E-state index in [9.17, 15) is 0 Å². The minimum atomic E-state index is -0.266. The van der Waals surface area contributed by atoms with Gasteiger partial charge in [-0.25, -0.2) is 4.98 Å². The molecule has 2 aliphatic rings. The maximum absolute atomic E-state index is 6.34. The van der Waals surface area contributed by atoms with Gasteiger partial charge in [0.15, 0.2) is 0 Å². The Morgan fingerprint density at radius 2 is 2.09 bits per heavy atom. The monoisotopic (exact) mass is 354 g/mol. The molecular formula is C16H20Cl2N4O. The lowest BCUT2D eigenvalue weighted by Gasteiger charge is -2.23. The SMILES string of the molecule is NC1=NCC(Cl)C(c2nc(NCC3CCOCC3)ccc2Cl)=C1. The lowest BCUT2D eigenvalue weighted by atomic mass is 10.0. The summed E-state index contributed by atoms with van der Waals surface area (Å²) in [7, 11) is 0. The van der Waals surface area contributed by atoms with E-state index in [0.717, 1.165) is 44.0 Å². The summed E-state index contributed by atoms with van der Waals surface area (Å²) in [5.74, 6) is 1.86. The van der Waals surface area contributed by atoms with E-state index in [1.165, 1.54) is 0 Å². The van der Waals surface area contributed by atoms with Crippen LogP contribution in [0.15, 0.2) is 23.2 Å². The summed E-state index contributed by atoms with van der Waals surface area (Å²) in [6, 6.07) is 3.72. The van der Waals surface area contributed by atoms with Crippen molar-refractivity contribution < 1.29 is 4.74 Å². The van der Waals surface area contributed by atoms with Crippen LogP contribution in [0.25, 0.3) is 5.57 Å². The normalized spacial score (nSPS) is 22.4. The zero-order valence-electron chi connectivity index (χ0n) is 12.8. The van der Waals surface area contributed by atoms with Crippen LogP contribution in [0.3, 0.4) is 0 Å². The molecule has 1 unspecified atom stereocenters. The Labute approximate surface area is 145 Å². The van der Waals surface area contributed by atoms with Crippen molar-refractivity contribution in [3.05, 3.63) is 28.9 Å². The van der Waals surface area contributed by atoms with Crippen molar-refractivity contribution in [2.24, 2.45) is 16.6 Å². The van der Waals surface area contributed by atoms with Gasteiger partial charge in [0.1, 0.15) is 11.7 Å². The molecule has 7 heteroatoms. The summed E-state index contributed by atoms with van der Waals surface area (Å²) < 4.78 is 5.38. The predicted octanol–water partition coefficient (Wildman–Crippen LogP) is 2.94. The number of anilines is 1. The van der Waals surface area contributed by atoms with Crippen LogP contribution in [-0.4, -0.2) is 42.5 Å². The van der Waals surface area contributed by atoms with Crippen LogP contribution in [0, 0.1) is 5.92 Å². The Balaban J connectivity index is 1.75. The van der Waals surface area contributed by atoms with E-state index in [1.54, 1.807) is 6.08 Å². The molecule has 3 N–H and O–H groups in total.